The Morgan fingerprint density at radius 2 is 2.00 bits per heavy atom. The van der Waals surface area contributed by atoms with Gasteiger partial charge >= 0.3 is 0 Å². The van der Waals surface area contributed by atoms with E-state index in [2.05, 4.69) is 47.9 Å². The number of rotatable bonds is 7. The number of hydrogen-bond acceptors (Lipinski definition) is 8. The SMILES string of the molecule is CCCc1cc(N2CCC(N(CC)C3=Cc4ccccc4CN3O)CC2)nc2sc(C(N)=O)c(N)c12. The van der Waals surface area contributed by atoms with Crippen LogP contribution in [-0.2, 0) is 13.0 Å². The fourth-order valence-electron chi connectivity index (χ4n) is 5.52. The molecule has 2 aliphatic rings. The summed E-state index contributed by atoms with van der Waals surface area (Å²) in [4.78, 5) is 22.6. The van der Waals surface area contributed by atoms with E-state index in [0.29, 0.717) is 23.2 Å². The summed E-state index contributed by atoms with van der Waals surface area (Å²) in [6.45, 7) is 7.33. The molecule has 1 aromatic carbocycles. The highest BCUT2D eigenvalue weighted by Gasteiger charge is 2.30. The zero-order valence-electron chi connectivity index (χ0n) is 20.9. The molecule has 1 fully saturated rings. The summed E-state index contributed by atoms with van der Waals surface area (Å²) in [5, 5.41) is 13.0. The Kier molecular flexibility index (Phi) is 6.77. The highest BCUT2D eigenvalue weighted by atomic mass is 32.1. The van der Waals surface area contributed by atoms with Crippen molar-refractivity contribution in [2.75, 3.05) is 30.3 Å². The molecule has 4 heterocycles. The molecule has 0 unspecified atom stereocenters. The predicted octanol–water partition coefficient (Wildman–Crippen LogP) is 4.42. The van der Waals surface area contributed by atoms with Gasteiger partial charge in [0.15, 0.2) is 0 Å². The molecule has 0 atom stereocenters. The van der Waals surface area contributed by atoms with Crippen LogP contribution >= 0.6 is 11.3 Å². The summed E-state index contributed by atoms with van der Waals surface area (Å²) in [5.74, 6) is 1.30. The Hall–Kier alpha value is -3.30. The maximum atomic E-state index is 11.9. The zero-order valence-corrected chi connectivity index (χ0v) is 21.7. The molecule has 8 nitrogen and oxygen atoms in total. The smallest absolute Gasteiger partial charge is 0.260 e. The number of hydroxylamine groups is 2. The van der Waals surface area contributed by atoms with E-state index in [1.165, 1.54) is 22.0 Å². The number of carbonyl (C=O) groups excluding carboxylic acids is 1. The predicted molar refractivity (Wildman–Crippen MR) is 146 cm³/mol. The number of carbonyl (C=O) groups is 1. The van der Waals surface area contributed by atoms with E-state index in [0.717, 1.165) is 78.3 Å². The molecule has 0 bridgehead atoms. The van der Waals surface area contributed by atoms with Gasteiger partial charge in [0.05, 0.1) is 12.2 Å². The molecule has 2 aliphatic heterocycles. The number of hydrogen-bond donors (Lipinski definition) is 3. The van der Waals surface area contributed by atoms with Crippen LogP contribution < -0.4 is 16.4 Å². The number of aromatic nitrogens is 1. The number of benzene rings is 1. The van der Waals surface area contributed by atoms with Crippen LogP contribution in [0.2, 0.25) is 0 Å². The highest BCUT2D eigenvalue weighted by Crippen LogP contribution is 2.38. The van der Waals surface area contributed by atoms with Crippen molar-refractivity contribution in [2.24, 2.45) is 5.73 Å². The van der Waals surface area contributed by atoms with E-state index in [1.807, 2.05) is 12.1 Å². The summed E-state index contributed by atoms with van der Waals surface area (Å²) >= 11 is 1.29. The van der Waals surface area contributed by atoms with Crippen LogP contribution in [0, 0.1) is 0 Å². The lowest BCUT2D eigenvalue weighted by Gasteiger charge is -2.43. The zero-order chi connectivity index (χ0) is 25.4. The van der Waals surface area contributed by atoms with Crippen molar-refractivity contribution in [3.05, 3.63) is 57.7 Å². The average molecular weight is 507 g/mol. The molecule has 3 aromatic rings. The first-order chi connectivity index (χ1) is 17.4. The molecular weight excluding hydrogens is 472 g/mol. The molecule has 5 rings (SSSR count). The van der Waals surface area contributed by atoms with Crippen molar-refractivity contribution >= 4 is 45.0 Å². The lowest BCUT2D eigenvalue weighted by atomic mass is 10.00. The van der Waals surface area contributed by atoms with Gasteiger partial charge in [-0.15, -0.1) is 11.3 Å². The molecule has 190 valence electrons. The van der Waals surface area contributed by atoms with Gasteiger partial charge in [0, 0.05) is 31.1 Å². The van der Waals surface area contributed by atoms with E-state index in [4.69, 9.17) is 16.5 Å². The first-order valence-electron chi connectivity index (χ1n) is 12.7. The topological polar surface area (TPSA) is 112 Å². The molecule has 5 N–H and O–H groups in total. The number of aryl methyl sites for hydroxylation is 1. The number of nitrogen functional groups attached to an aromatic ring is 1. The third-order valence-corrected chi connectivity index (χ3v) is 8.41. The van der Waals surface area contributed by atoms with Crippen LogP contribution in [0.15, 0.2) is 36.2 Å². The van der Waals surface area contributed by atoms with Crippen LogP contribution in [0.1, 0.15) is 59.5 Å². The maximum absolute atomic E-state index is 11.9. The highest BCUT2D eigenvalue weighted by molar-refractivity contribution is 7.21. The Morgan fingerprint density at radius 1 is 1.25 bits per heavy atom. The van der Waals surface area contributed by atoms with Crippen molar-refractivity contribution in [2.45, 2.75) is 52.1 Å². The van der Waals surface area contributed by atoms with Gasteiger partial charge in [-0.3, -0.25) is 10.0 Å². The van der Waals surface area contributed by atoms with E-state index in [-0.39, 0.29) is 0 Å². The molecule has 9 heteroatoms. The number of pyridine rings is 1. The summed E-state index contributed by atoms with van der Waals surface area (Å²) in [5.41, 5.74) is 15.7. The fourth-order valence-corrected chi connectivity index (χ4v) is 6.50. The monoisotopic (exact) mass is 506 g/mol. The van der Waals surface area contributed by atoms with Crippen LogP contribution in [0.5, 0.6) is 0 Å². The Balaban J connectivity index is 1.37. The van der Waals surface area contributed by atoms with E-state index < -0.39 is 5.91 Å². The number of piperidine rings is 1. The lowest BCUT2D eigenvalue weighted by molar-refractivity contribution is -0.0951. The second-order valence-corrected chi connectivity index (χ2v) is 10.5. The van der Waals surface area contributed by atoms with Crippen molar-refractivity contribution < 1.29 is 10.0 Å². The normalized spacial score (nSPS) is 16.2. The van der Waals surface area contributed by atoms with Crippen molar-refractivity contribution in [1.82, 2.24) is 14.9 Å². The minimum Gasteiger partial charge on any atom is -0.397 e. The number of nitrogens with two attached hydrogens (primary N) is 2. The summed E-state index contributed by atoms with van der Waals surface area (Å²) in [6.07, 6.45) is 5.86. The number of fused-ring (bicyclic) bond motifs is 2. The van der Waals surface area contributed by atoms with E-state index in [1.54, 1.807) is 0 Å². The van der Waals surface area contributed by atoms with Crippen molar-refractivity contribution in [3.8, 4) is 0 Å². The van der Waals surface area contributed by atoms with Crippen LogP contribution in [-0.4, -0.2) is 51.7 Å². The minimum absolute atomic E-state index is 0.329. The summed E-state index contributed by atoms with van der Waals surface area (Å²) in [7, 11) is 0. The lowest BCUT2D eigenvalue weighted by Crippen LogP contribution is -2.47. The van der Waals surface area contributed by atoms with Gasteiger partial charge in [0.2, 0.25) is 0 Å². The van der Waals surface area contributed by atoms with Gasteiger partial charge in [0.1, 0.15) is 21.3 Å². The molecule has 2 aromatic heterocycles. The van der Waals surface area contributed by atoms with Crippen LogP contribution in [0.4, 0.5) is 11.5 Å². The second kappa shape index (κ2) is 9.99. The standard InChI is InChI=1S/C27H34N6O2S/c1-3-7-18-14-21(30-27-23(18)24(28)25(36-27)26(29)34)31-12-10-20(11-13-31)32(4-2)22-15-17-8-5-6-9-19(17)16-33(22)35/h5-6,8-9,14-15,20,35H,3-4,7,10-13,16,28H2,1-2H3,(H2,29,34). The Bertz CT molecular complexity index is 1310. The quantitative estimate of drug-likeness (QED) is 0.435. The number of thiophene rings is 1. The van der Waals surface area contributed by atoms with Gasteiger partial charge in [-0.25, -0.2) is 10.0 Å². The van der Waals surface area contributed by atoms with Crippen LogP contribution in [0.3, 0.4) is 0 Å². The first kappa shape index (κ1) is 24.4. The Labute approximate surface area is 215 Å². The third kappa shape index (κ3) is 4.37. The molecule has 0 radical (unpaired) electrons. The molecule has 0 aliphatic carbocycles. The van der Waals surface area contributed by atoms with Gasteiger partial charge in [0.25, 0.3) is 5.91 Å². The summed E-state index contributed by atoms with van der Waals surface area (Å²) in [6, 6.07) is 10.7. The Morgan fingerprint density at radius 3 is 2.69 bits per heavy atom. The number of anilines is 2. The molecule has 0 spiro atoms. The molecule has 36 heavy (non-hydrogen) atoms. The maximum Gasteiger partial charge on any atom is 0.260 e. The largest absolute Gasteiger partial charge is 0.397 e. The first-order valence-corrected chi connectivity index (χ1v) is 13.5. The van der Waals surface area contributed by atoms with Crippen molar-refractivity contribution in [1.29, 1.82) is 0 Å². The molecule has 0 saturated carbocycles. The molecular formula is C27H34N6O2S. The minimum atomic E-state index is -0.502. The van der Waals surface area contributed by atoms with Gasteiger partial charge in [-0.2, -0.15) is 0 Å². The summed E-state index contributed by atoms with van der Waals surface area (Å²) < 4.78 is 0. The third-order valence-electron chi connectivity index (χ3n) is 7.30. The fraction of sp³-hybridized carbons (Fsp3) is 0.407. The van der Waals surface area contributed by atoms with E-state index in [9.17, 15) is 10.0 Å². The number of primary amides is 1. The van der Waals surface area contributed by atoms with Gasteiger partial charge < -0.3 is 21.3 Å². The van der Waals surface area contributed by atoms with E-state index >= 15 is 0 Å². The molecule has 1 saturated heterocycles. The molecule has 1 amide bonds. The van der Waals surface area contributed by atoms with Gasteiger partial charge in [-0.05, 0) is 55.0 Å². The van der Waals surface area contributed by atoms with Crippen LogP contribution in [0.25, 0.3) is 16.3 Å². The average Bonchev–Trinajstić information content (AvgIpc) is 3.22. The van der Waals surface area contributed by atoms with Crippen molar-refractivity contribution in [3.63, 3.8) is 0 Å². The van der Waals surface area contributed by atoms with Gasteiger partial charge in [-0.1, -0.05) is 37.6 Å². The second-order valence-electron chi connectivity index (χ2n) is 9.54. The number of nitrogens with zero attached hydrogens (tertiary/aromatic N) is 4. The number of amides is 1.